The zero-order chi connectivity index (χ0) is 13.0. The lowest BCUT2D eigenvalue weighted by Crippen LogP contribution is -2.28. The smallest absolute Gasteiger partial charge is 0.333 e. The summed E-state index contributed by atoms with van der Waals surface area (Å²) in [5.74, 6) is 0.315. The Morgan fingerprint density at radius 1 is 1.39 bits per heavy atom. The van der Waals surface area contributed by atoms with Crippen molar-refractivity contribution in [1.82, 2.24) is 5.32 Å². The first kappa shape index (κ1) is 12.6. The average Bonchev–Trinajstić information content (AvgIpc) is 2.66. The summed E-state index contributed by atoms with van der Waals surface area (Å²) >= 11 is 0. The number of methoxy groups -OCH3 is 1. The molecule has 1 aromatic rings. The van der Waals surface area contributed by atoms with Gasteiger partial charge < -0.3 is 15.0 Å². The highest BCUT2D eigenvalue weighted by atomic mass is 16.6. The highest BCUT2D eigenvalue weighted by Crippen LogP contribution is 2.36. The number of ether oxygens (including phenoxy) is 1. The molecule has 0 atom stereocenters. The van der Waals surface area contributed by atoms with E-state index in [9.17, 15) is 10.1 Å². The Hall–Kier alpha value is -1.82. The zero-order valence-electron chi connectivity index (χ0n) is 10.4. The summed E-state index contributed by atoms with van der Waals surface area (Å²) in [5.41, 5.74) is 0.699. The Balaban J connectivity index is 2.38. The van der Waals surface area contributed by atoms with Crippen molar-refractivity contribution in [3.05, 3.63) is 28.3 Å². The van der Waals surface area contributed by atoms with Crippen LogP contribution in [0.4, 0.5) is 11.4 Å². The van der Waals surface area contributed by atoms with Crippen molar-refractivity contribution in [3.8, 4) is 5.75 Å². The van der Waals surface area contributed by atoms with Gasteiger partial charge in [-0.25, -0.2) is 0 Å². The number of nitrogens with zero attached hydrogens (tertiary/aromatic N) is 2. The van der Waals surface area contributed by atoms with Gasteiger partial charge in [0.1, 0.15) is 5.69 Å². The molecule has 1 aliphatic rings. The van der Waals surface area contributed by atoms with Crippen LogP contribution in [0.5, 0.6) is 5.75 Å². The van der Waals surface area contributed by atoms with E-state index in [4.69, 9.17) is 4.74 Å². The molecule has 6 heteroatoms. The van der Waals surface area contributed by atoms with E-state index in [0.717, 1.165) is 32.6 Å². The molecule has 0 aromatic heterocycles. The molecule has 1 aromatic carbocycles. The third-order valence-electron chi connectivity index (χ3n) is 3.06. The van der Waals surface area contributed by atoms with E-state index in [2.05, 4.69) is 5.32 Å². The Morgan fingerprint density at radius 2 is 2.22 bits per heavy atom. The van der Waals surface area contributed by atoms with Gasteiger partial charge >= 0.3 is 5.69 Å². The molecule has 0 amide bonds. The van der Waals surface area contributed by atoms with Crippen molar-refractivity contribution in [2.45, 2.75) is 6.42 Å². The number of para-hydroxylation sites is 1. The van der Waals surface area contributed by atoms with Crippen molar-refractivity contribution < 1.29 is 9.66 Å². The maximum atomic E-state index is 11.2. The van der Waals surface area contributed by atoms with Crippen LogP contribution in [0.25, 0.3) is 0 Å². The van der Waals surface area contributed by atoms with Crippen LogP contribution in [0.2, 0.25) is 0 Å². The quantitative estimate of drug-likeness (QED) is 0.649. The minimum absolute atomic E-state index is 0.0573. The van der Waals surface area contributed by atoms with Crippen molar-refractivity contribution in [2.24, 2.45) is 0 Å². The van der Waals surface area contributed by atoms with Gasteiger partial charge in [0.05, 0.1) is 12.0 Å². The van der Waals surface area contributed by atoms with Gasteiger partial charge in [-0.05, 0) is 25.1 Å². The molecule has 98 valence electrons. The summed E-state index contributed by atoms with van der Waals surface area (Å²) in [6.45, 7) is 3.39. The van der Waals surface area contributed by atoms with E-state index in [1.54, 1.807) is 18.2 Å². The molecular weight excluding hydrogens is 234 g/mol. The molecule has 0 aliphatic carbocycles. The van der Waals surface area contributed by atoms with Crippen LogP contribution in [-0.2, 0) is 0 Å². The van der Waals surface area contributed by atoms with Crippen molar-refractivity contribution in [3.63, 3.8) is 0 Å². The first-order valence-electron chi connectivity index (χ1n) is 6.01. The van der Waals surface area contributed by atoms with Gasteiger partial charge in [0.25, 0.3) is 0 Å². The number of benzene rings is 1. The Bertz CT molecular complexity index is 429. The van der Waals surface area contributed by atoms with Crippen LogP contribution in [0.3, 0.4) is 0 Å². The van der Waals surface area contributed by atoms with Crippen molar-refractivity contribution in [2.75, 3.05) is 38.2 Å². The van der Waals surface area contributed by atoms with Crippen LogP contribution >= 0.6 is 0 Å². The fourth-order valence-electron chi connectivity index (χ4n) is 2.20. The molecule has 1 aliphatic heterocycles. The number of rotatable bonds is 3. The van der Waals surface area contributed by atoms with Crippen LogP contribution in [0.1, 0.15) is 6.42 Å². The largest absolute Gasteiger partial charge is 0.490 e. The molecule has 1 saturated heterocycles. The molecule has 6 nitrogen and oxygen atoms in total. The topological polar surface area (TPSA) is 67.6 Å². The van der Waals surface area contributed by atoms with Gasteiger partial charge in [0, 0.05) is 19.6 Å². The van der Waals surface area contributed by atoms with E-state index >= 15 is 0 Å². The van der Waals surface area contributed by atoms with Gasteiger partial charge in [-0.3, -0.25) is 10.1 Å². The van der Waals surface area contributed by atoms with Crippen LogP contribution in [0.15, 0.2) is 18.2 Å². The summed E-state index contributed by atoms with van der Waals surface area (Å²) in [7, 11) is 1.45. The Labute approximate surface area is 106 Å². The first-order valence-corrected chi connectivity index (χ1v) is 6.01. The fourth-order valence-corrected chi connectivity index (χ4v) is 2.20. The van der Waals surface area contributed by atoms with E-state index in [1.165, 1.54) is 7.11 Å². The number of nitrogens with one attached hydrogen (secondary N) is 1. The van der Waals surface area contributed by atoms with E-state index in [-0.39, 0.29) is 10.6 Å². The standard InChI is InChI=1S/C12H17N3O3/c1-18-11-5-2-4-10(12(11)15(16)17)14-8-3-6-13-7-9-14/h2,4-5,13H,3,6-9H2,1H3. The number of nitro benzene ring substituents is 1. The number of hydrogen-bond acceptors (Lipinski definition) is 5. The van der Waals surface area contributed by atoms with Crippen LogP contribution in [-0.4, -0.2) is 38.2 Å². The predicted octanol–water partition coefficient (Wildman–Crippen LogP) is 1.40. The number of nitro groups is 1. The SMILES string of the molecule is COc1cccc(N2CCCNCC2)c1[N+](=O)[O-]. The Kier molecular flexibility index (Phi) is 3.99. The van der Waals surface area contributed by atoms with E-state index < -0.39 is 0 Å². The highest BCUT2D eigenvalue weighted by molar-refractivity contribution is 5.69. The maximum Gasteiger partial charge on any atom is 0.333 e. The molecular formula is C12H17N3O3. The second kappa shape index (κ2) is 5.68. The maximum absolute atomic E-state index is 11.2. The van der Waals surface area contributed by atoms with Gasteiger partial charge in [-0.1, -0.05) is 6.07 Å². The molecule has 18 heavy (non-hydrogen) atoms. The highest BCUT2D eigenvalue weighted by Gasteiger charge is 2.24. The predicted molar refractivity (Wildman–Crippen MR) is 69.3 cm³/mol. The summed E-state index contributed by atoms with van der Waals surface area (Å²) in [6.07, 6.45) is 0.981. The lowest BCUT2D eigenvalue weighted by atomic mass is 10.2. The molecule has 0 saturated carbocycles. The minimum atomic E-state index is -0.369. The normalized spacial score (nSPS) is 16.2. The fraction of sp³-hybridized carbons (Fsp3) is 0.500. The van der Waals surface area contributed by atoms with Gasteiger partial charge in [-0.2, -0.15) is 0 Å². The van der Waals surface area contributed by atoms with Crippen LogP contribution in [0, 0.1) is 10.1 Å². The monoisotopic (exact) mass is 251 g/mol. The van der Waals surface area contributed by atoms with Gasteiger partial charge in [0.2, 0.25) is 0 Å². The summed E-state index contributed by atoms with van der Waals surface area (Å²) < 4.78 is 5.09. The van der Waals surface area contributed by atoms with Gasteiger partial charge in [-0.15, -0.1) is 0 Å². The van der Waals surface area contributed by atoms with E-state index in [0.29, 0.717) is 11.4 Å². The summed E-state index contributed by atoms with van der Waals surface area (Å²) in [4.78, 5) is 12.9. The van der Waals surface area contributed by atoms with E-state index in [1.807, 2.05) is 4.90 Å². The molecule has 0 radical (unpaired) electrons. The zero-order valence-corrected chi connectivity index (χ0v) is 10.4. The molecule has 0 bridgehead atoms. The second-order valence-electron chi connectivity index (χ2n) is 4.18. The molecule has 0 unspecified atom stereocenters. The third kappa shape index (κ3) is 2.53. The van der Waals surface area contributed by atoms with Gasteiger partial charge in [0.15, 0.2) is 5.75 Å². The summed E-state index contributed by atoms with van der Waals surface area (Å²) in [6, 6.07) is 5.20. The molecule has 0 spiro atoms. The molecule has 1 heterocycles. The lowest BCUT2D eigenvalue weighted by molar-refractivity contribution is -0.385. The van der Waals surface area contributed by atoms with Crippen LogP contribution < -0.4 is 15.0 Å². The van der Waals surface area contributed by atoms with Crippen molar-refractivity contribution >= 4 is 11.4 Å². The Morgan fingerprint density at radius 3 is 2.94 bits per heavy atom. The second-order valence-corrected chi connectivity index (χ2v) is 4.18. The lowest BCUT2D eigenvalue weighted by Gasteiger charge is -2.22. The summed E-state index contributed by atoms with van der Waals surface area (Å²) in [5, 5.41) is 14.5. The first-order chi connectivity index (χ1) is 8.74. The molecule has 2 rings (SSSR count). The minimum Gasteiger partial charge on any atom is -0.490 e. The third-order valence-corrected chi connectivity index (χ3v) is 3.06. The van der Waals surface area contributed by atoms with Crippen molar-refractivity contribution in [1.29, 1.82) is 0 Å². The number of anilines is 1. The molecule has 1 fully saturated rings. The average molecular weight is 251 g/mol. The number of hydrogen-bond donors (Lipinski definition) is 1. The molecule has 1 N–H and O–H groups in total.